The molecular weight excluding hydrogens is 821 g/mol. The third-order valence-electron chi connectivity index (χ3n) is 13.7. The Kier molecular flexibility index (Phi) is 9.54. The summed E-state index contributed by atoms with van der Waals surface area (Å²) in [6.45, 7) is 0. The highest BCUT2D eigenvalue weighted by atomic mass is 14.9. The van der Waals surface area contributed by atoms with Crippen LogP contribution < -0.4 is 0 Å². The number of hydrogen-bond acceptors (Lipinski definition) is 2. The minimum atomic E-state index is 0.696. The van der Waals surface area contributed by atoms with Gasteiger partial charge < -0.3 is 0 Å². The standard InChI is InChI=1S/C66H42N2/c1-3-19-47(20-4-1)63-57-29-15-16-30-58(57)64(60-38-37-44-18-9-10-25-53(44)65(60)63)59-40-39-52(54-26-12-13-27-55(54)59)45-32-34-46(35-33-45)61-42-62(68-66(67-61)48-21-5-2-6-22-48)56-28-14-11-24-51(56)50-36-31-43-17-7-8-23-49(43)41-50/h1-42H. The Bertz CT molecular complexity index is 4060. The lowest BCUT2D eigenvalue weighted by molar-refractivity contribution is 1.18. The first-order chi connectivity index (χ1) is 33.7. The zero-order chi connectivity index (χ0) is 45.0. The van der Waals surface area contributed by atoms with Gasteiger partial charge in [0.1, 0.15) is 0 Å². The Morgan fingerprint density at radius 3 is 1.49 bits per heavy atom. The van der Waals surface area contributed by atoms with Crippen LogP contribution in [0.2, 0.25) is 0 Å². The molecule has 0 saturated heterocycles. The molecule has 0 unspecified atom stereocenters. The van der Waals surface area contributed by atoms with E-state index in [1.54, 1.807) is 0 Å². The van der Waals surface area contributed by atoms with Crippen LogP contribution in [-0.4, -0.2) is 9.97 Å². The van der Waals surface area contributed by atoms with E-state index >= 15 is 0 Å². The van der Waals surface area contributed by atoms with E-state index in [0.717, 1.165) is 44.8 Å². The van der Waals surface area contributed by atoms with E-state index in [4.69, 9.17) is 9.97 Å². The Balaban J connectivity index is 0.947. The van der Waals surface area contributed by atoms with Crippen LogP contribution >= 0.6 is 0 Å². The second kappa shape index (κ2) is 16.5. The van der Waals surface area contributed by atoms with E-state index in [0.29, 0.717) is 5.82 Å². The summed E-state index contributed by atoms with van der Waals surface area (Å²) in [7, 11) is 0. The van der Waals surface area contributed by atoms with Crippen molar-refractivity contribution in [1.82, 2.24) is 9.97 Å². The summed E-state index contributed by atoms with van der Waals surface area (Å²) < 4.78 is 0. The number of aromatic nitrogens is 2. The molecule has 0 spiro atoms. The Morgan fingerprint density at radius 2 is 0.735 bits per heavy atom. The molecule has 68 heavy (non-hydrogen) atoms. The molecule has 13 rings (SSSR count). The summed E-state index contributed by atoms with van der Waals surface area (Å²) in [5, 5.41) is 12.4. The molecule has 0 bridgehead atoms. The third kappa shape index (κ3) is 6.73. The normalized spacial score (nSPS) is 11.5. The van der Waals surface area contributed by atoms with Crippen molar-refractivity contribution in [2.45, 2.75) is 0 Å². The van der Waals surface area contributed by atoms with Gasteiger partial charge in [0.2, 0.25) is 0 Å². The molecule has 1 heterocycles. The van der Waals surface area contributed by atoms with E-state index in [-0.39, 0.29) is 0 Å². The smallest absolute Gasteiger partial charge is 0.160 e. The number of benzene rings is 12. The van der Waals surface area contributed by atoms with Crippen LogP contribution in [0.5, 0.6) is 0 Å². The van der Waals surface area contributed by atoms with Crippen LogP contribution in [0.15, 0.2) is 255 Å². The Labute approximate surface area is 395 Å². The van der Waals surface area contributed by atoms with Gasteiger partial charge in [-0.1, -0.05) is 243 Å². The largest absolute Gasteiger partial charge is 0.228 e. The van der Waals surface area contributed by atoms with Gasteiger partial charge in [-0.05, 0) is 111 Å². The molecule has 0 saturated carbocycles. The van der Waals surface area contributed by atoms with Crippen molar-refractivity contribution >= 4 is 53.9 Å². The van der Waals surface area contributed by atoms with Crippen molar-refractivity contribution in [2.24, 2.45) is 0 Å². The maximum Gasteiger partial charge on any atom is 0.160 e. The first-order valence-corrected chi connectivity index (χ1v) is 23.3. The second-order valence-electron chi connectivity index (χ2n) is 17.6. The molecule has 1 aromatic heterocycles. The fourth-order valence-corrected chi connectivity index (χ4v) is 10.5. The lowest BCUT2D eigenvalue weighted by Gasteiger charge is -2.21. The van der Waals surface area contributed by atoms with Gasteiger partial charge in [0.05, 0.1) is 11.4 Å². The van der Waals surface area contributed by atoms with Crippen LogP contribution in [0.4, 0.5) is 0 Å². The molecule has 2 nitrogen and oxygen atoms in total. The average Bonchev–Trinajstić information content (AvgIpc) is 3.42. The first kappa shape index (κ1) is 39.4. The van der Waals surface area contributed by atoms with Crippen molar-refractivity contribution in [1.29, 1.82) is 0 Å². The highest BCUT2D eigenvalue weighted by molar-refractivity contribution is 6.29. The molecule has 0 fully saturated rings. The summed E-state index contributed by atoms with van der Waals surface area (Å²) in [6, 6.07) is 92.0. The topological polar surface area (TPSA) is 25.8 Å². The van der Waals surface area contributed by atoms with E-state index < -0.39 is 0 Å². The summed E-state index contributed by atoms with van der Waals surface area (Å²) in [5.41, 5.74) is 14.4. The molecule has 0 aliphatic carbocycles. The summed E-state index contributed by atoms with van der Waals surface area (Å²) in [5.74, 6) is 0.696. The molecule has 12 aromatic carbocycles. The number of fused-ring (bicyclic) bond motifs is 6. The van der Waals surface area contributed by atoms with Gasteiger partial charge in [0.15, 0.2) is 5.82 Å². The van der Waals surface area contributed by atoms with Gasteiger partial charge in [0, 0.05) is 16.7 Å². The maximum absolute atomic E-state index is 5.24. The Hall–Kier alpha value is -8.98. The Morgan fingerprint density at radius 1 is 0.221 bits per heavy atom. The first-order valence-electron chi connectivity index (χ1n) is 23.3. The molecule has 0 N–H and O–H groups in total. The quantitative estimate of drug-likeness (QED) is 0.118. The fourth-order valence-electron chi connectivity index (χ4n) is 10.5. The minimum Gasteiger partial charge on any atom is -0.228 e. The molecule has 0 radical (unpaired) electrons. The summed E-state index contributed by atoms with van der Waals surface area (Å²) in [6.07, 6.45) is 0. The molecule has 13 aromatic rings. The monoisotopic (exact) mass is 862 g/mol. The number of hydrogen-bond donors (Lipinski definition) is 0. The van der Waals surface area contributed by atoms with E-state index in [1.807, 2.05) is 18.2 Å². The van der Waals surface area contributed by atoms with Gasteiger partial charge in [-0.2, -0.15) is 0 Å². The molecule has 0 amide bonds. The molecule has 316 valence electrons. The predicted molar refractivity (Wildman–Crippen MR) is 288 cm³/mol. The van der Waals surface area contributed by atoms with Crippen LogP contribution in [0.25, 0.3) is 132 Å². The number of nitrogens with zero attached hydrogens (tertiary/aromatic N) is 2. The zero-order valence-corrected chi connectivity index (χ0v) is 37.1. The van der Waals surface area contributed by atoms with Gasteiger partial charge in [-0.3, -0.25) is 0 Å². The van der Waals surface area contributed by atoms with Crippen molar-refractivity contribution in [3.8, 4) is 78.4 Å². The lowest BCUT2D eigenvalue weighted by atomic mass is 9.82. The molecular formula is C66H42N2. The van der Waals surface area contributed by atoms with Crippen molar-refractivity contribution in [3.63, 3.8) is 0 Å². The average molecular weight is 863 g/mol. The highest BCUT2D eigenvalue weighted by Gasteiger charge is 2.21. The second-order valence-corrected chi connectivity index (χ2v) is 17.6. The number of rotatable bonds is 7. The maximum atomic E-state index is 5.24. The van der Waals surface area contributed by atoms with Crippen LogP contribution in [0.1, 0.15) is 0 Å². The summed E-state index contributed by atoms with van der Waals surface area (Å²) >= 11 is 0. The predicted octanol–water partition coefficient (Wildman–Crippen LogP) is 17.9. The molecule has 0 aliphatic rings. The van der Waals surface area contributed by atoms with Crippen molar-refractivity contribution < 1.29 is 0 Å². The minimum absolute atomic E-state index is 0.696. The van der Waals surface area contributed by atoms with Gasteiger partial charge >= 0.3 is 0 Å². The van der Waals surface area contributed by atoms with Crippen LogP contribution in [0.3, 0.4) is 0 Å². The van der Waals surface area contributed by atoms with E-state index in [9.17, 15) is 0 Å². The molecule has 0 aliphatic heterocycles. The van der Waals surface area contributed by atoms with Gasteiger partial charge in [0.25, 0.3) is 0 Å². The molecule has 2 heteroatoms. The van der Waals surface area contributed by atoms with Gasteiger partial charge in [-0.25, -0.2) is 9.97 Å². The molecule has 0 atom stereocenters. The SMILES string of the molecule is c1ccc(-c2nc(-c3ccc(-c4ccc(-c5c6ccccc6c(-c6ccccc6)c6c5ccc5ccccc56)c5ccccc45)cc3)cc(-c3ccccc3-c3ccc4ccccc4c3)n2)cc1. The van der Waals surface area contributed by atoms with Gasteiger partial charge in [-0.15, -0.1) is 0 Å². The van der Waals surface area contributed by atoms with E-state index in [1.165, 1.54) is 81.7 Å². The highest BCUT2D eigenvalue weighted by Crippen LogP contribution is 2.48. The third-order valence-corrected chi connectivity index (χ3v) is 13.7. The van der Waals surface area contributed by atoms with Crippen LogP contribution in [-0.2, 0) is 0 Å². The van der Waals surface area contributed by atoms with Crippen molar-refractivity contribution in [3.05, 3.63) is 255 Å². The van der Waals surface area contributed by atoms with E-state index in [2.05, 4.69) is 237 Å². The summed E-state index contributed by atoms with van der Waals surface area (Å²) in [4.78, 5) is 10.5. The van der Waals surface area contributed by atoms with Crippen molar-refractivity contribution in [2.75, 3.05) is 0 Å². The lowest BCUT2D eigenvalue weighted by Crippen LogP contribution is -1.97. The fraction of sp³-hybridized carbons (Fsp3) is 0. The zero-order valence-electron chi connectivity index (χ0n) is 37.1. The van der Waals surface area contributed by atoms with Crippen LogP contribution in [0, 0.1) is 0 Å².